The average Bonchev–Trinajstić information content (AvgIpc) is 2.94. The summed E-state index contributed by atoms with van der Waals surface area (Å²) in [5.41, 5.74) is 8.00. The Labute approximate surface area is 235 Å². The number of carbonyl (C=O) groups excluding carboxylic acids is 4. The Morgan fingerprint density at radius 1 is 0.975 bits per heavy atom. The number of rotatable bonds is 13. The Kier molecular flexibility index (Phi) is 11.2. The van der Waals surface area contributed by atoms with E-state index in [1.54, 1.807) is 18.7 Å². The fourth-order valence-electron chi connectivity index (χ4n) is 4.72. The molecule has 0 unspecified atom stereocenters. The fourth-order valence-corrected chi connectivity index (χ4v) is 4.72. The van der Waals surface area contributed by atoms with Crippen LogP contribution in [0.5, 0.6) is 0 Å². The first-order chi connectivity index (χ1) is 19.1. The molecule has 0 bridgehead atoms. The summed E-state index contributed by atoms with van der Waals surface area (Å²) in [6, 6.07) is 13.0. The van der Waals surface area contributed by atoms with Crippen LogP contribution in [0.3, 0.4) is 0 Å². The second-order valence-corrected chi connectivity index (χ2v) is 10.4. The van der Waals surface area contributed by atoms with Gasteiger partial charge in [0, 0.05) is 43.3 Å². The maximum absolute atomic E-state index is 13.3. The van der Waals surface area contributed by atoms with Crippen molar-refractivity contribution in [1.82, 2.24) is 15.1 Å². The van der Waals surface area contributed by atoms with Gasteiger partial charge in [-0.25, -0.2) is 4.39 Å². The topological polar surface area (TPSA) is 125 Å². The summed E-state index contributed by atoms with van der Waals surface area (Å²) >= 11 is 0. The van der Waals surface area contributed by atoms with Crippen molar-refractivity contribution in [3.8, 4) is 0 Å². The van der Waals surface area contributed by atoms with Crippen LogP contribution in [0.25, 0.3) is 0 Å². The Bertz CT molecular complexity index is 1160. The Hall–Kier alpha value is -3.79. The van der Waals surface area contributed by atoms with Gasteiger partial charge in [0.05, 0.1) is 0 Å². The number of benzene rings is 2. The van der Waals surface area contributed by atoms with E-state index in [-0.39, 0.29) is 18.9 Å². The summed E-state index contributed by atoms with van der Waals surface area (Å²) in [7, 11) is 0. The van der Waals surface area contributed by atoms with Gasteiger partial charge in [0.2, 0.25) is 11.8 Å². The molecule has 1 fully saturated rings. The molecule has 9 nitrogen and oxygen atoms in total. The highest BCUT2D eigenvalue weighted by Crippen LogP contribution is 2.17. The maximum Gasteiger partial charge on any atom is 0.312 e. The number of nitrogens with two attached hydrogens (primary N) is 1. The summed E-state index contributed by atoms with van der Waals surface area (Å²) in [5.74, 6) is -2.85. The van der Waals surface area contributed by atoms with E-state index in [1.807, 2.05) is 37.3 Å². The first kappa shape index (κ1) is 30.7. The highest BCUT2D eigenvalue weighted by molar-refractivity contribution is 6.35. The average molecular weight is 554 g/mol. The lowest BCUT2D eigenvalue weighted by atomic mass is 9.92. The van der Waals surface area contributed by atoms with Gasteiger partial charge in [-0.1, -0.05) is 50.6 Å². The summed E-state index contributed by atoms with van der Waals surface area (Å²) in [6.07, 6.45) is 2.42. The minimum atomic E-state index is -0.866. The van der Waals surface area contributed by atoms with Gasteiger partial charge in [0.25, 0.3) is 0 Å². The standard InChI is InChI=1S/C30H40FN5O4/c1-4-5-15-35-16-17-36(30(40)29(35)39)21(3)28(38)34-26(19-22-9-7-6-8-10-22)25(32)18-20(2)27(37)33-24-13-11-23(31)12-14-24/h6-14,20-21,25-26H,4-5,15-19,32H2,1-3H3,(H,33,37)(H,34,38)/t20-,21+,25+,26+/m1/s1. The quantitative estimate of drug-likeness (QED) is 0.329. The minimum absolute atomic E-state index is 0.271. The molecule has 1 saturated heterocycles. The molecule has 1 heterocycles. The van der Waals surface area contributed by atoms with E-state index in [9.17, 15) is 23.6 Å². The number of carbonyl (C=O) groups is 4. The van der Waals surface area contributed by atoms with Gasteiger partial charge in [-0.05, 0) is 56.0 Å². The van der Waals surface area contributed by atoms with Crippen molar-refractivity contribution in [1.29, 1.82) is 0 Å². The van der Waals surface area contributed by atoms with E-state index >= 15 is 0 Å². The largest absolute Gasteiger partial charge is 0.350 e. The van der Waals surface area contributed by atoms with Crippen molar-refractivity contribution in [2.24, 2.45) is 11.7 Å². The zero-order valence-electron chi connectivity index (χ0n) is 23.4. The summed E-state index contributed by atoms with van der Waals surface area (Å²) < 4.78 is 13.2. The third-order valence-corrected chi connectivity index (χ3v) is 7.30. The van der Waals surface area contributed by atoms with Crippen LogP contribution in [-0.4, -0.2) is 71.2 Å². The first-order valence-corrected chi connectivity index (χ1v) is 13.9. The van der Waals surface area contributed by atoms with Gasteiger partial charge >= 0.3 is 11.8 Å². The van der Waals surface area contributed by atoms with E-state index < -0.39 is 47.6 Å². The molecule has 0 aromatic heterocycles. The minimum Gasteiger partial charge on any atom is -0.350 e. The summed E-state index contributed by atoms with van der Waals surface area (Å²) in [6.45, 7) is 6.55. The molecule has 2 aromatic carbocycles. The van der Waals surface area contributed by atoms with Crippen LogP contribution in [0.15, 0.2) is 54.6 Å². The number of anilines is 1. The van der Waals surface area contributed by atoms with Gasteiger partial charge in [0.15, 0.2) is 0 Å². The number of hydrogen-bond donors (Lipinski definition) is 3. The predicted molar refractivity (Wildman–Crippen MR) is 152 cm³/mol. The zero-order valence-corrected chi connectivity index (χ0v) is 23.4. The van der Waals surface area contributed by atoms with Crippen molar-refractivity contribution < 1.29 is 23.6 Å². The van der Waals surface area contributed by atoms with E-state index in [4.69, 9.17) is 5.73 Å². The smallest absolute Gasteiger partial charge is 0.312 e. The van der Waals surface area contributed by atoms with Gasteiger partial charge in [0.1, 0.15) is 11.9 Å². The lowest BCUT2D eigenvalue weighted by Crippen LogP contribution is -2.61. The number of unbranched alkanes of at least 4 members (excludes halogenated alkanes) is 1. The van der Waals surface area contributed by atoms with Crippen LogP contribution in [0.1, 0.15) is 45.6 Å². The zero-order chi connectivity index (χ0) is 29.2. The Balaban J connectivity index is 1.67. The number of hydrogen-bond acceptors (Lipinski definition) is 5. The van der Waals surface area contributed by atoms with E-state index in [0.29, 0.717) is 25.2 Å². The van der Waals surface area contributed by atoms with Crippen molar-refractivity contribution in [2.45, 2.75) is 64.6 Å². The predicted octanol–water partition coefficient (Wildman–Crippen LogP) is 2.70. The van der Waals surface area contributed by atoms with Crippen LogP contribution >= 0.6 is 0 Å². The molecule has 10 heteroatoms. The van der Waals surface area contributed by atoms with Gasteiger partial charge in [-0.3, -0.25) is 19.2 Å². The van der Waals surface area contributed by atoms with Crippen LogP contribution in [-0.2, 0) is 25.6 Å². The third-order valence-electron chi connectivity index (χ3n) is 7.30. The molecule has 0 aliphatic carbocycles. The van der Waals surface area contributed by atoms with Crippen LogP contribution in [0, 0.1) is 11.7 Å². The molecule has 1 aliphatic heterocycles. The molecule has 0 spiro atoms. The van der Waals surface area contributed by atoms with E-state index in [0.717, 1.165) is 18.4 Å². The SMILES string of the molecule is CCCCN1CCN([C@@H](C)C(=O)N[C@@H](Cc2ccccc2)[C@@H](N)C[C@@H](C)C(=O)Nc2ccc(F)cc2)C(=O)C1=O. The lowest BCUT2D eigenvalue weighted by molar-refractivity contribution is -0.159. The van der Waals surface area contributed by atoms with Gasteiger partial charge in [-0.2, -0.15) is 0 Å². The van der Waals surface area contributed by atoms with Crippen molar-refractivity contribution in [3.05, 3.63) is 66.0 Å². The molecule has 1 aliphatic rings. The normalized spacial score (nSPS) is 16.7. The molecular formula is C30H40FN5O4. The molecule has 2 aromatic rings. The Morgan fingerprint density at radius 2 is 1.65 bits per heavy atom. The molecule has 40 heavy (non-hydrogen) atoms. The summed E-state index contributed by atoms with van der Waals surface area (Å²) in [4.78, 5) is 54.4. The molecule has 4 amide bonds. The lowest BCUT2D eigenvalue weighted by Gasteiger charge is -2.37. The highest BCUT2D eigenvalue weighted by Gasteiger charge is 2.37. The van der Waals surface area contributed by atoms with E-state index in [2.05, 4.69) is 10.6 Å². The summed E-state index contributed by atoms with van der Waals surface area (Å²) in [5, 5.41) is 5.75. The molecule has 216 valence electrons. The number of amides is 4. The number of nitrogens with zero attached hydrogens (tertiary/aromatic N) is 2. The molecule has 4 N–H and O–H groups in total. The van der Waals surface area contributed by atoms with Crippen molar-refractivity contribution in [2.75, 3.05) is 25.0 Å². The first-order valence-electron chi connectivity index (χ1n) is 13.9. The number of halogens is 1. The second-order valence-electron chi connectivity index (χ2n) is 10.4. The van der Waals surface area contributed by atoms with Crippen LogP contribution in [0.2, 0.25) is 0 Å². The second kappa shape index (κ2) is 14.6. The third kappa shape index (κ3) is 8.35. The van der Waals surface area contributed by atoms with Crippen molar-refractivity contribution >= 4 is 29.3 Å². The number of nitrogens with one attached hydrogen (secondary N) is 2. The van der Waals surface area contributed by atoms with E-state index in [1.165, 1.54) is 29.2 Å². The fraction of sp³-hybridized carbons (Fsp3) is 0.467. The molecule has 0 radical (unpaired) electrons. The molecule has 3 rings (SSSR count). The molecular weight excluding hydrogens is 513 g/mol. The monoisotopic (exact) mass is 553 g/mol. The van der Waals surface area contributed by atoms with Gasteiger partial charge in [-0.15, -0.1) is 0 Å². The number of piperazine rings is 1. The van der Waals surface area contributed by atoms with Crippen LogP contribution in [0.4, 0.5) is 10.1 Å². The molecule has 4 atom stereocenters. The van der Waals surface area contributed by atoms with Gasteiger partial charge < -0.3 is 26.2 Å². The maximum atomic E-state index is 13.3. The Morgan fingerprint density at radius 3 is 2.30 bits per heavy atom. The molecule has 0 saturated carbocycles. The van der Waals surface area contributed by atoms with Crippen molar-refractivity contribution in [3.63, 3.8) is 0 Å². The van der Waals surface area contributed by atoms with Crippen LogP contribution < -0.4 is 16.4 Å². The highest BCUT2D eigenvalue weighted by atomic mass is 19.1.